The number of nitrogens with zero attached hydrogens (tertiary/aromatic N) is 1. The van der Waals surface area contributed by atoms with Crippen molar-refractivity contribution in [2.45, 2.75) is 19.8 Å². The van der Waals surface area contributed by atoms with E-state index in [0.29, 0.717) is 12.5 Å². The lowest BCUT2D eigenvalue weighted by Gasteiger charge is -2.10. The van der Waals surface area contributed by atoms with Gasteiger partial charge in [0.05, 0.1) is 5.56 Å². The van der Waals surface area contributed by atoms with Crippen molar-refractivity contribution in [3.8, 4) is 0 Å². The molecule has 0 bridgehead atoms. The fourth-order valence-electron chi connectivity index (χ4n) is 1.83. The van der Waals surface area contributed by atoms with Crippen molar-refractivity contribution in [1.29, 1.82) is 0 Å². The Bertz CT molecular complexity index is 452. The Kier molecular flexibility index (Phi) is 3.60. The molecule has 1 aromatic heterocycles. The number of nitrogens with one attached hydrogen (secondary N) is 1. The van der Waals surface area contributed by atoms with E-state index < -0.39 is 5.97 Å². The van der Waals surface area contributed by atoms with E-state index in [2.05, 4.69) is 17.2 Å². The summed E-state index contributed by atoms with van der Waals surface area (Å²) >= 11 is 0. The number of amides is 1. The molecule has 1 amide bonds. The van der Waals surface area contributed by atoms with Crippen molar-refractivity contribution in [2.24, 2.45) is 11.8 Å². The SMILES string of the molecule is CC(CNC(=O)c1ccc(C(=O)O)cn1)C1CC1. The molecule has 0 spiro atoms. The molecule has 5 heteroatoms. The topological polar surface area (TPSA) is 79.3 Å². The molecule has 1 atom stereocenters. The maximum absolute atomic E-state index is 11.8. The molecule has 0 aliphatic heterocycles. The van der Waals surface area contributed by atoms with Crippen LogP contribution in [0.5, 0.6) is 0 Å². The van der Waals surface area contributed by atoms with Crippen LogP contribution in [-0.4, -0.2) is 28.5 Å². The summed E-state index contributed by atoms with van der Waals surface area (Å²) in [6.07, 6.45) is 3.70. The molecular formula is C13H16N2O3. The zero-order valence-corrected chi connectivity index (χ0v) is 10.2. The molecule has 2 rings (SSSR count). The average molecular weight is 248 g/mol. The molecule has 0 radical (unpaired) electrons. The lowest BCUT2D eigenvalue weighted by atomic mass is 10.1. The molecule has 1 heterocycles. The fourth-order valence-corrected chi connectivity index (χ4v) is 1.83. The first-order valence-corrected chi connectivity index (χ1v) is 6.05. The standard InChI is InChI=1S/C13H16N2O3/c1-8(9-2-3-9)6-15-12(16)11-5-4-10(7-14-11)13(17)18/h4-5,7-9H,2-3,6H2,1H3,(H,15,16)(H,17,18). The van der Waals surface area contributed by atoms with Crippen molar-refractivity contribution >= 4 is 11.9 Å². The number of carboxylic acids is 1. The number of pyridine rings is 1. The van der Waals surface area contributed by atoms with Gasteiger partial charge < -0.3 is 10.4 Å². The summed E-state index contributed by atoms with van der Waals surface area (Å²) in [5, 5.41) is 11.5. The molecular weight excluding hydrogens is 232 g/mol. The summed E-state index contributed by atoms with van der Waals surface area (Å²) in [6, 6.07) is 2.81. The monoisotopic (exact) mass is 248 g/mol. The van der Waals surface area contributed by atoms with Crippen LogP contribution in [0.3, 0.4) is 0 Å². The lowest BCUT2D eigenvalue weighted by Crippen LogP contribution is -2.29. The van der Waals surface area contributed by atoms with Crippen molar-refractivity contribution in [3.05, 3.63) is 29.6 Å². The minimum Gasteiger partial charge on any atom is -0.478 e. The van der Waals surface area contributed by atoms with E-state index in [4.69, 9.17) is 5.11 Å². The summed E-state index contributed by atoms with van der Waals surface area (Å²) in [6.45, 7) is 2.77. The van der Waals surface area contributed by atoms with Crippen molar-refractivity contribution in [1.82, 2.24) is 10.3 Å². The highest BCUT2D eigenvalue weighted by Crippen LogP contribution is 2.36. The second-order valence-electron chi connectivity index (χ2n) is 4.76. The van der Waals surface area contributed by atoms with Crippen LogP contribution in [0.4, 0.5) is 0 Å². The number of carboxylic acid groups (broad SMARTS) is 1. The van der Waals surface area contributed by atoms with Crippen LogP contribution >= 0.6 is 0 Å². The highest BCUT2D eigenvalue weighted by Gasteiger charge is 2.27. The Morgan fingerprint density at radius 1 is 1.50 bits per heavy atom. The first kappa shape index (κ1) is 12.5. The van der Waals surface area contributed by atoms with Gasteiger partial charge in [-0.15, -0.1) is 0 Å². The van der Waals surface area contributed by atoms with Gasteiger partial charge in [-0.25, -0.2) is 4.79 Å². The van der Waals surface area contributed by atoms with Gasteiger partial charge in [0.1, 0.15) is 5.69 Å². The molecule has 1 aliphatic carbocycles. The van der Waals surface area contributed by atoms with Crippen molar-refractivity contribution < 1.29 is 14.7 Å². The van der Waals surface area contributed by atoms with Crippen LogP contribution in [0.1, 0.15) is 40.6 Å². The van der Waals surface area contributed by atoms with E-state index in [1.165, 1.54) is 31.2 Å². The Labute approximate surface area is 105 Å². The number of hydrogen-bond acceptors (Lipinski definition) is 3. The van der Waals surface area contributed by atoms with Crippen LogP contribution in [0.2, 0.25) is 0 Å². The van der Waals surface area contributed by atoms with E-state index in [0.717, 1.165) is 5.92 Å². The van der Waals surface area contributed by atoms with Gasteiger partial charge in [0.15, 0.2) is 0 Å². The quantitative estimate of drug-likeness (QED) is 0.828. The summed E-state index contributed by atoms with van der Waals surface area (Å²) in [4.78, 5) is 26.2. The first-order chi connectivity index (χ1) is 8.58. The highest BCUT2D eigenvalue weighted by molar-refractivity contribution is 5.93. The minimum atomic E-state index is -1.04. The van der Waals surface area contributed by atoms with Gasteiger partial charge in [-0.05, 0) is 36.8 Å². The number of carbonyl (C=O) groups is 2. The van der Waals surface area contributed by atoms with Gasteiger partial charge in [0.2, 0.25) is 0 Å². The molecule has 96 valence electrons. The zero-order chi connectivity index (χ0) is 13.1. The summed E-state index contributed by atoms with van der Waals surface area (Å²) in [5.74, 6) is -0.0591. The number of hydrogen-bond donors (Lipinski definition) is 2. The van der Waals surface area contributed by atoms with E-state index in [1.54, 1.807) is 0 Å². The molecule has 5 nitrogen and oxygen atoms in total. The Hall–Kier alpha value is -1.91. The number of aromatic carboxylic acids is 1. The second kappa shape index (κ2) is 5.16. The normalized spacial score (nSPS) is 16.1. The van der Waals surface area contributed by atoms with E-state index in [-0.39, 0.29) is 17.2 Å². The van der Waals surface area contributed by atoms with Crippen LogP contribution in [0, 0.1) is 11.8 Å². The van der Waals surface area contributed by atoms with Gasteiger partial charge in [0, 0.05) is 12.7 Å². The maximum atomic E-state index is 11.8. The summed E-state index contributed by atoms with van der Waals surface area (Å²) in [5.41, 5.74) is 0.334. The molecule has 2 N–H and O–H groups in total. The van der Waals surface area contributed by atoms with Crippen LogP contribution in [0.15, 0.2) is 18.3 Å². The predicted octanol–water partition coefficient (Wildman–Crippen LogP) is 1.56. The average Bonchev–Trinajstić information content (AvgIpc) is 3.20. The van der Waals surface area contributed by atoms with Gasteiger partial charge in [0.25, 0.3) is 5.91 Å². The van der Waals surface area contributed by atoms with Crippen LogP contribution < -0.4 is 5.32 Å². The Morgan fingerprint density at radius 3 is 2.72 bits per heavy atom. The summed E-state index contributed by atoms with van der Waals surface area (Å²) in [7, 11) is 0. The Balaban J connectivity index is 1.89. The minimum absolute atomic E-state index is 0.0814. The number of rotatable bonds is 5. The number of carbonyl (C=O) groups excluding carboxylic acids is 1. The van der Waals surface area contributed by atoms with Gasteiger partial charge >= 0.3 is 5.97 Å². The molecule has 1 unspecified atom stereocenters. The molecule has 0 aromatic carbocycles. The Morgan fingerprint density at radius 2 is 2.22 bits per heavy atom. The largest absolute Gasteiger partial charge is 0.478 e. The third-order valence-corrected chi connectivity index (χ3v) is 3.25. The van der Waals surface area contributed by atoms with Gasteiger partial charge in [-0.2, -0.15) is 0 Å². The number of aromatic nitrogens is 1. The third-order valence-electron chi connectivity index (χ3n) is 3.25. The smallest absolute Gasteiger partial charge is 0.337 e. The molecule has 18 heavy (non-hydrogen) atoms. The predicted molar refractivity (Wildman–Crippen MR) is 65.4 cm³/mol. The van der Waals surface area contributed by atoms with Crippen molar-refractivity contribution in [2.75, 3.05) is 6.54 Å². The molecule has 1 fully saturated rings. The molecule has 0 saturated heterocycles. The van der Waals surface area contributed by atoms with E-state index in [9.17, 15) is 9.59 Å². The van der Waals surface area contributed by atoms with E-state index >= 15 is 0 Å². The van der Waals surface area contributed by atoms with Crippen LogP contribution in [-0.2, 0) is 0 Å². The van der Waals surface area contributed by atoms with Gasteiger partial charge in [-0.1, -0.05) is 6.92 Å². The summed E-state index contributed by atoms with van der Waals surface area (Å²) < 4.78 is 0. The molecule has 1 aromatic rings. The van der Waals surface area contributed by atoms with Gasteiger partial charge in [-0.3, -0.25) is 9.78 Å². The lowest BCUT2D eigenvalue weighted by molar-refractivity contribution is 0.0695. The fraction of sp³-hybridized carbons (Fsp3) is 0.462. The van der Waals surface area contributed by atoms with Crippen molar-refractivity contribution in [3.63, 3.8) is 0 Å². The second-order valence-corrected chi connectivity index (χ2v) is 4.76. The third kappa shape index (κ3) is 3.06. The highest BCUT2D eigenvalue weighted by atomic mass is 16.4. The zero-order valence-electron chi connectivity index (χ0n) is 10.2. The van der Waals surface area contributed by atoms with E-state index in [1.807, 2.05) is 0 Å². The molecule has 1 aliphatic rings. The maximum Gasteiger partial charge on any atom is 0.337 e. The van der Waals surface area contributed by atoms with Crippen LogP contribution in [0.25, 0.3) is 0 Å². The first-order valence-electron chi connectivity index (χ1n) is 6.05. The molecule has 1 saturated carbocycles.